The van der Waals surface area contributed by atoms with Gasteiger partial charge in [0.15, 0.2) is 5.96 Å². The fourth-order valence-electron chi connectivity index (χ4n) is 2.07. The van der Waals surface area contributed by atoms with Crippen molar-refractivity contribution in [2.24, 2.45) is 4.99 Å². The first-order valence-electron chi connectivity index (χ1n) is 7.31. The zero-order valence-electron chi connectivity index (χ0n) is 13.0. The lowest BCUT2D eigenvalue weighted by Gasteiger charge is -2.11. The maximum absolute atomic E-state index is 4.82. The van der Waals surface area contributed by atoms with E-state index >= 15 is 0 Å². The van der Waals surface area contributed by atoms with Crippen LogP contribution in [0, 0.1) is 0 Å². The molecule has 1 heterocycles. The molecule has 0 saturated heterocycles. The zero-order valence-corrected chi connectivity index (χ0v) is 15.3. The monoisotopic (exact) mass is 414 g/mol. The van der Waals surface area contributed by atoms with Crippen molar-refractivity contribution in [3.63, 3.8) is 0 Å². The number of guanidine groups is 1. The molecule has 0 amide bonds. The van der Waals surface area contributed by atoms with Crippen LogP contribution in [0.1, 0.15) is 30.7 Å². The number of halogens is 1. The molecule has 0 atom stereocenters. The number of rotatable bonds is 6. The molecule has 0 spiro atoms. The lowest BCUT2D eigenvalue weighted by Crippen LogP contribution is -2.36. The summed E-state index contributed by atoms with van der Waals surface area (Å²) in [5.74, 6) is 0.784. The van der Waals surface area contributed by atoms with E-state index in [0.29, 0.717) is 13.1 Å². The molecule has 1 aromatic heterocycles. The second kappa shape index (κ2) is 10.2. The maximum atomic E-state index is 4.82. The number of nitrogens with zero attached hydrogens (tertiary/aromatic N) is 2. The van der Waals surface area contributed by atoms with E-state index in [9.17, 15) is 0 Å². The molecule has 0 radical (unpaired) electrons. The summed E-state index contributed by atoms with van der Waals surface area (Å²) in [5.41, 5.74) is 3.46. The Balaban J connectivity index is 0.00000242. The summed E-state index contributed by atoms with van der Waals surface area (Å²) in [6.07, 6.45) is 2.59. The van der Waals surface area contributed by atoms with Crippen LogP contribution in [-0.4, -0.2) is 17.7 Å². The van der Waals surface area contributed by atoms with Crippen LogP contribution in [0.3, 0.4) is 0 Å². The molecule has 0 fully saturated rings. The van der Waals surface area contributed by atoms with E-state index in [1.807, 2.05) is 13.0 Å². The summed E-state index contributed by atoms with van der Waals surface area (Å²) in [4.78, 5) is 4.63. The Morgan fingerprint density at radius 2 is 1.91 bits per heavy atom. The van der Waals surface area contributed by atoms with Gasteiger partial charge in [0.25, 0.3) is 0 Å². The minimum atomic E-state index is 0. The van der Waals surface area contributed by atoms with Crippen LogP contribution >= 0.6 is 24.0 Å². The van der Waals surface area contributed by atoms with Crippen molar-refractivity contribution in [2.45, 2.75) is 33.4 Å². The molecule has 0 aliphatic carbocycles. The van der Waals surface area contributed by atoms with Crippen LogP contribution < -0.4 is 10.6 Å². The number of aromatic nitrogens is 1. The molecule has 0 aliphatic heterocycles. The largest absolute Gasteiger partial charge is 0.364 e. The predicted octanol–water partition coefficient (Wildman–Crippen LogP) is 3.11. The molecule has 2 aromatic rings. The summed E-state index contributed by atoms with van der Waals surface area (Å²) in [5, 5.41) is 10.4. The molecule has 120 valence electrons. The van der Waals surface area contributed by atoms with Crippen LogP contribution in [0.15, 0.2) is 46.1 Å². The van der Waals surface area contributed by atoms with Crippen molar-refractivity contribution in [2.75, 3.05) is 6.54 Å². The third-order valence-electron chi connectivity index (χ3n) is 3.18. The Hall–Kier alpha value is -1.57. The maximum Gasteiger partial charge on any atom is 0.191 e. The third kappa shape index (κ3) is 5.67. The molecule has 2 N–H and O–H groups in total. The standard InChI is InChI=1S/C16H22N4O.HI/c1-3-13-7-5-6-8-14(13)11-18-16(17-4-2)19-12-15-9-10-21-20-15;/h5-10H,3-4,11-12H2,1-2H3,(H2,17,18,19);1H. The fraction of sp³-hybridized carbons (Fsp3) is 0.375. The van der Waals surface area contributed by atoms with Crippen LogP contribution in [0.25, 0.3) is 0 Å². The van der Waals surface area contributed by atoms with Gasteiger partial charge in [0, 0.05) is 12.6 Å². The summed E-state index contributed by atoms with van der Waals surface area (Å²) in [6, 6.07) is 10.2. The summed E-state index contributed by atoms with van der Waals surface area (Å²) in [6.45, 7) is 6.29. The molecule has 5 nitrogen and oxygen atoms in total. The van der Waals surface area contributed by atoms with Gasteiger partial charge in [-0.15, -0.1) is 24.0 Å². The van der Waals surface area contributed by atoms with E-state index in [-0.39, 0.29) is 24.0 Å². The van der Waals surface area contributed by atoms with E-state index in [1.165, 1.54) is 11.1 Å². The summed E-state index contributed by atoms with van der Waals surface area (Å²) in [7, 11) is 0. The lowest BCUT2D eigenvalue weighted by molar-refractivity contribution is 0.410. The zero-order chi connectivity index (χ0) is 14.9. The van der Waals surface area contributed by atoms with Crippen molar-refractivity contribution in [3.8, 4) is 0 Å². The predicted molar refractivity (Wildman–Crippen MR) is 99.4 cm³/mol. The van der Waals surface area contributed by atoms with Crippen LogP contribution in [0.5, 0.6) is 0 Å². The lowest BCUT2D eigenvalue weighted by atomic mass is 10.1. The smallest absolute Gasteiger partial charge is 0.191 e. The van der Waals surface area contributed by atoms with Gasteiger partial charge in [-0.2, -0.15) is 0 Å². The Kier molecular flexibility index (Phi) is 8.57. The second-order valence-electron chi connectivity index (χ2n) is 4.66. The van der Waals surface area contributed by atoms with Gasteiger partial charge in [-0.25, -0.2) is 4.99 Å². The summed E-state index contributed by atoms with van der Waals surface area (Å²) >= 11 is 0. The molecule has 0 aliphatic rings. The number of aliphatic imine (C=N–C) groups is 1. The van der Waals surface area contributed by atoms with Gasteiger partial charge in [-0.3, -0.25) is 0 Å². The third-order valence-corrected chi connectivity index (χ3v) is 3.18. The Bertz CT molecular complexity index is 569. The van der Waals surface area contributed by atoms with Crippen molar-refractivity contribution in [1.82, 2.24) is 15.8 Å². The van der Waals surface area contributed by atoms with Gasteiger partial charge in [0.05, 0.1) is 13.1 Å². The van der Waals surface area contributed by atoms with Gasteiger partial charge < -0.3 is 15.2 Å². The van der Waals surface area contributed by atoms with Crippen molar-refractivity contribution >= 4 is 29.9 Å². The van der Waals surface area contributed by atoms with Gasteiger partial charge in [0.2, 0.25) is 0 Å². The highest BCUT2D eigenvalue weighted by Gasteiger charge is 2.02. The number of benzene rings is 1. The molecule has 2 rings (SSSR count). The molecule has 0 saturated carbocycles. The molecular weight excluding hydrogens is 391 g/mol. The number of nitrogens with one attached hydrogen (secondary N) is 2. The highest BCUT2D eigenvalue weighted by Crippen LogP contribution is 2.10. The van der Waals surface area contributed by atoms with Crippen LogP contribution in [-0.2, 0) is 19.5 Å². The molecule has 6 heteroatoms. The second-order valence-corrected chi connectivity index (χ2v) is 4.66. The number of aryl methyl sites for hydroxylation is 1. The van der Waals surface area contributed by atoms with Crippen molar-refractivity contribution < 1.29 is 4.52 Å². The normalized spacial score (nSPS) is 10.9. The van der Waals surface area contributed by atoms with Crippen molar-refractivity contribution in [3.05, 3.63) is 53.4 Å². The van der Waals surface area contributed by atoms with Crippen molar-refractivity contribution in [1.29, 1.82) is 0 Å². The van der Waals surface area contributed by atoms with E-state index < -0.39 is 0 Å². The molecular formula is C16H23IN4O. The Morgan fingerprint density at radius 3 is 2.55 bits per heavy atom. The highest BCUT2D eigenvalue weighted by atomic mass is 127. The van der Waals surface area contributed by atoms with Gasteiger partial charge in [0.1, 0.15) is 12.0 Å². The summed E-state index contributed by atoms with van der Waals surface area (Å²) < 4.78 is 4.82. The van der Waals surface area contributed by atoms with Gasteiger partial charge >= 0.3 is 0 Å². The van der Waals surface area contributed by atoms with E-state index in [4.69, 9.17) is 4.52 Å². The fourth-order valence-corrected chi connectivity index (χ4v) is 2.07. The molecule has 0 bridgehead atoms. The first-order valence-corrected chi connectivity index (χ1v) is 7.31. The van der Waals surface area contributed by atoms with Crippen LogP contribution in [0.2, 0.25) is 0 Å². The molecule has 22 heavy (non-hydrogen) atoms. The average molecular weight is 414 g/mol. The number of hydrogen-bond donors (Lipinski definition) is 2. The Labute approximate surface area is 148 Å². The Morgan fingerprint density at radius 1 is 1.14 bits per heavy atom. The first kappa shape index (κ1) is 18.5. The minimum absolute atomic E-state index is 0. The van der Waals surface area contributed by atoms with E-state index in [1.54, 1.807) is 6.26 Å². The first-order chi connectivity index (χ1) is 10.3. The van der Waals surface area contributed by atoms with Gasteiger partial charge in [-0.1, -0.05) is 36.3 Å². The topological polar surface area (TPSA) is 62.5 Å². The average Bonchev–Trinajstić information content (AvgIpc) is 3.03. The highest BCUT2D eigenvalue weighted by molar-refractivity contribution is 14.0. The number of hydrogen-bond acceptors (Lipinski definition) is 3. The van der Waals surface area contributed by atoms with Crippen LogP contribution in [0.4, 0.5) is 0 Å². The van der Waals surface area contributed by atoms with E-state index in [0.717, 1.165) is 24.6 Å². The quantitative estimate of drug-likeness (QED) is 0.433. The van der Waals surface area contributed by atoms with Gasteiger partial charge in [-0.05, 0) is 24.5 Å². The molecule has 1 aromatic carbocycles. The SMILES string of the molecule is CCNC(=NCc1ccccc1CC)NCc1ccon1.I. The van der Waals surface area contributed by atoms with E-state index in [2.05, 4.69) is 52.0 Å². The minimum Gasteiger partial charge on any atom is -0.364 e. The molecule has 0 unspecified atom stereocenters.